The van der Waals surface area contributed by atoms with Crippen molar-refractivity contribution in [2.45, 2.75) is 83.1 Å². The van der Waals surface area contributed by atoms with E-state index >= 15 is 0 Å². The molecular weight excluding hydrogens is 506 g/mol. The van der Waals surface area contributed by atoms with Gasteiger partial charge < -0.3 is 36.8 Å². The highest BCUT2D eigenvalue weighted by Crippen LogP contribution is 2.11. The number of nitrogens with one attached hydrogen (secondary N) is 3. The number of carbonyl (C=O) groups is 4. The van der Waals surface area contributed by atoms with Gasteiger partial charge in [0.25, 0.3) is 0 Å². The minimum Gasteiger partial charge on any atom is -0.480 e. The van der Waals surface area contributed by atoms with E-state index in [-0.39, 0.29) is 12.3 Å². The lowest BCUT2D eigenvalue weighted by molar-refractivity contribution is -0.139. The van der Waals surface area contributed by atoms with Crippen LogP contribution in [0.2, 0.25) is 0 Å². The van der Waals surface area contributed by atoms with Crippen LogP contribution in [-0.2, 0) is 14.4 Å². The van der Waals surface area contributed by atoms with Crippen LogP contribution in [0.4, 0.5) is 4.79 Å². The molecule has 1 saturated heterocycles. The Labute approximate surface area is 231 Å². The van der Waals surface area contributed by atoms with Crippen molar-refractivity contribution in [2.75, 3.05) is 52.9 Å². The number of aliphatic carboxylic acids is 2. The van der Waals surface area contributed by atoms with Gasteiger partial charge in [-0.1, -0.05) is 38.5 Å². The Bertz CT molecular complexity index is 772. The van der Waals surface area contributed by atoms with E-state index in [4.69, 9.17) is 10.8 Å². The molecule has 0 unspecified atom stereocenters. The van der Waals surface area contributed by atoms with Gasteiger partial charge in [0, 0.05) is 46.2 Å². The first kappa shape index (κ1) is 33.9. The maximum atomic E-state index is 12.0. The van der Waals surface area contributed by atoms with E-state index in [1.54, 1.807) is 7.05 Å². The zero-order valence-corrected chi connectivity index (χ0v) is 23.5. The van der Waals surface area contributed by atoms with Crippen molar-refractivity contribution in [3.05, 3.63) is 0 Å². The van der Waals surface area contributed by atoms with E-state index in [0.29, 0.717) is 31.8 Å². The summed E-state index contributed by atoms with van der Waals surface area (Å²) in [5.74, 6) is -1.77. The standard InChI is InChI=1S/C26H49N7O6/c1-28-25(27)33-18-16-32(17-19-33)15-11-7-5-3-2-4-6-8-13-22(34)29-14-10-9-12-21(24(37)38)31-26(39)30-20-23(35)36/h21H,2-20H2,1H3,(H2,27,28)(H,29,34)(H,35,36)(H,37,38)(H2,30,31,39)/t21-/m0/s1. The molecule has 13 heteroatoms. The van der Waals surface area contributed by atoms with Gasteiger partial charge in [0.1, 0.15) is 12.6 Å². The van der Waals surface area contributed by atoms with Crippen LogP contribution < -0.4 is 21.7 Å². The maximum absolute atomic E-state index is 12.0. The van der Waals surface area contributed by atoms with E-state index in [0.717, 1.165) is 52.0 Å². The van der Waals surface area contributed by atoms with Crippen LogP contribution in [0.1, 0.15) is 77.0 Å². The number of urea groups is 1. The van der Waals surface area contributed by atoms with Crippen LogP contribution in [0.5, 0.6) is 0 Å². The van der Waals surface area contributed by atoms with Crippen LogP contribution in [0.15, 0.2) is 4.99 Å². The first-order valence-corrected chi connectivity index (χ1v) is 14.2. The third-order valence-corrected chi connectivity index (χ3v) is 6.80. The van der Waals surface area contributed by atoms with Crippen LogP contribution in [0.25, 0.3) is 0 Å². The smallest absolute Gasteiger partial charge is 0.326 e. The molecule has 1 atom stereocenters. The van der Waals surface area contributed by atoms with E-state index in [1.807, 2.05) is 0 Å². The highest BCUT2D eigenvalue weighted by atomic mass is 16.4. The molecule has 3 amide bonds. The summed E-state index contributed by atoms with van der Waals surface area (Å²) < 4.78 is 0. The van der Waals surface area contributed by atoms with Gasteiger partial charge in [0.15, 0.2) is 5.96 Å². The summed E-state index contributed by atoms with van der Waals surface area (Å²) in [4.78, 5) is 53.9. The number of nitrogens with zero attached hydrogens (tertiary/aromatic N) is 3. The number of hydrogen-bond acceptors (Lipinski definition) is 6. The number of piperazine rings is 1. The van der Waals surface area contributed by atoms with Gasteiger partial charge in [-0.05, 0) is 38.6 Å². The predicted octanol–water partition coefficient (Wildman–Crippen LogP) is 1.18. The molecule has 0 aliphatic carbocycles. The SMILES string of the molecule is CN=C(N)N1CCN(CCCCCCCCCCC(=O)NCCCC[C@H](NC(=O)NCC(=O)O)C(=O)O)CC1. The Balaban J connectivity index is 1.93. The minimum absolute atomic E-state index is 0.00135. The molecule has 13 nitrogen and oxygen atoms in total. The first-order valence-electron chi connectivity index (χ1n) is 14.2. The largest absolute Gasteiger partial charge is 0.480 e. The lowest BCUT2D eigenvalue weighted by atomic mass is 10.1. The van der Waals surface area contributed by atoms with Crippen LogP contribution >= 0.6 is 0 Å². The number of aliphatic imine (C=N–C) groups is 1. The number of carbonyl (C=O) groups excluding carboxylic acids is 2. The normalized spacial score (nSPS) is 15.0. The Hall–Kier alpha value is -3.09. The van der Waals surface area contributed by atoms with Gasteiger partial charge in [0.05, 0.1) is 0 Å². The second-order valence-electron chi connectivity index (χ2n) is 9.95. The van der Waals surface area contributed by atoms with E-state index in [2.05, 4.69) is 30.7 Å². The van der Waals surface area contributed by atoms with E-state index in [1.165, 1.54) is 32.1 Å². The number of unbranched alkanes of at least 4 members (excludes halogenated alkanes) is 8. The van der Waals surface area contributed by atoms with Gasteiger partial charge in [-0.2, -0.15) is 0 Å². The highest BCUT2D eigenvalue weighted by molar-refractivity contribution is 5.84. The Morgan fingerprint density at radius 3 is 2.05 bits per heavy atom. The molecular formula is C26H49N7O6. The highest BCUT2D eigenvalue weighted by Gasteiger charge is 2.20. The second kappa shape index (κ2) is 20.8. The third-order valence-electron chi connectivity index (χ3n) is 6.80. The van der Waals surface area contributed by atoms with Crippen molar-refractivity contribution >= 4 is 29.8 Å². The number of rotatable bonds is 20. The van der Waals surface area contributed by atoms with Gasteiger partial charge in [0.2, 0.25) is 5.91 Å². The van der Waals surface area contributed by atoms with Crippen molar-refractivity contribution in [1.29, 1.82) is 0 Å². The number of carboxylic acid groups (broad SMARTS) is 2. The van der Waals surface area contributed by atoms with Gasteiger partial charge >= 0.3 is 18.0 Å². The molecule has 39 heavy (non-hydrogen) atoms. The molecule has 0 spiro atoms. The summed E-state index contributed by atoms with van der Waals surface area (Å²) in [7, 11) is 1.73. The quantitative estimate of drug-likeness (QED) is 0.0728. The molecule has 7 N–H and O–H groups in total. The third kappa shape index (κ3) is 17.2. The van der Waals surface area contributed by atoms with Gasteiger partial charge in [-0.25, -0.2) is 9.59 Å². The van der Waals surface area contributed by atoms with E-state index < -0.39 is 30.6 Å². The molecule has 0 bridgehead atoms. The molecule has 0 aromatic heterocycles. The lowest BCUT2D eigenvalue weighted by Gasteiger charge is -2.35. The first-order chi connectivity index (χ1) is 18.7. The average molecular weight is 556 g/mol. The molecule has 0 saturated carbocycles. The molecule has 0 radical (unpaired) electrons. The van der Waals surface area contributed by atoms with Gasteiger partial charge in [-0.3, -0.25) is 19.5 Å². The fourth-order valence-electron chi connectivity index (χ4n) is 4.44. The fraction of sp³-hybridized carbons (Fsp3) is 0.808. The zero-order valence-electron chi connectivity index (χ0n) is 23.5. The molecule has 0 aromatic rings. The Morgan fingerprint density at radius 2 is 1.46 bits per heavy atom. The minimum atomic E-state index is -1.22. The van der Waals surface area contributed by atoms with Crippen LogP contribution in [0, 0.1) is 0 Å². The number of guanidine groups is 1. The summed E-state index contributed by atoms with van der Waals surface area (Å²) in [6.45, 7) is 5.00. The fourth-order valence-corrected chi connectivity index (χ4v) is 4.44. The molecule has 0 aromatic carbocycles. The lowest BCUT2D eigenvalue weighted by Crippen LogP contribution is -2.51. The summed E-state index contributed by atoms with van der Waals surface area (Å²) in [5.41, 5.74) is 5.88. The molecule has 1 aliphatic heterocycles. The zero-order chi connectivity index (χ0) is 28.9. The number of amides is 3. The summed E-state index contributed by atoms with van der Waals surface area (Å²) in [6.07, 6.45) is 11.0. The predicted molar refractivity (Wildman–Crippen MR) is 150 cm³/mol. The Kier molecular flexibility index (Phi) is 18.1. The summed E-state index contributed by atoms with van der Waals surface area (Å²) in [5, 5.41) is 24.9. The van der Waals surface area contributed by atoms with Crippen molar-refractivity contribution in [1.82, 2.24) is 25.8 Å². The van der Waals surface area contributed by atoms with Gasteiger partial charge in [-0.15, -0.1) is 0 Å². The molecule has 1 fully saturated rings. The summed E-state index contributed by atoms with van der Waals surface area (Å²) in [6, 6.07) is -1.95. The van der Waals surface area contributed by atoms with Crippen molar-refractivity contribution in [2.24, 2.45) is 10.7 Å². The second-order valence-corrected chi connectivity index (χ2v) is 9.95. The topological polar surface area (TPSA) is 190 Å². The molecule has 1 heterocycles. The van der Waals surface area contributed by atoms with Crippen LogP contribution in [-0.4, -0.2) is 109 Å². The van der Waals surface area contributed by atoms with E-state index in [9.17, 15) is 24.3 Å². The molecule has 1 rings (SSSR count). The monoisotopic (exact) mass is 555 g/mol. The number of carboxylic acids is 2. The molecule has 224 valence electrons. The number of hydrogen-bond donors (Lipinski definition) is 6. The van der Waals surface area contributed by atoms with Crippen molar-refractivity contribution < 1.29 is 29.4 Å². The van der Waals surface area contributed by atoms with Crippen molar-refractivity contribution in [3.63, 3.8) is 0 Å². The molecule has 1 aliphatic rings. The average Bonchev–Trinajstić information content (AvgIpc) is 2.91. The number of nitrogens with two attached hydrogens (primary N) is 1. The summed E-state index contributed by atoms with van der Waals surface area (Å²) >= 11 is 0. The maximum Gasteiger partial charge on any atom is 0.326 e. The Morgan fingerprint density at radius 1 is 0.846 bits per heavy atom. The van der Waals surface area contributed by atoms with Crippen molar-refractivity contribution in [3.8, 4) is 0 Å². The van der Waals surface area contributed by atoms with Crippen LogP contribution in [0.3, 0.4) is 0 Å².